The summed E-state index contributed by atoms with van der Waals surface area (Å²) in [6.45, 7) is 0. The Morgan fingerprint density at radius 1 is 0.970 bits per heavy atom. The van der Waals surface area contributed by atoms with E-state index in [4.69, 9.17) is 16.3 Å². The number of anilines is 3. The van der Waals surface area contributed by atoms with Crippen LogP contribution in [-0.2, 0) is 9.59 Å². The van der Waals surface area contributed by atoms with Crippen LogP contribution in [0.25, 0.3) is 0 Å². The number of nitrogens with one attached hydrogen (secondary N) is 2. The van der Waals surface area contributed by atoms with Crippen molar-refractivity contribution in [2.45, 2.75) is 0 Å². The van der Waals surface area contributed by atoms with Crippen LogP contribution in [0.2, 0.25) is 0 Å². The zero-order valence-electron chi connectivity index (χ0n) is 17.3. The molecule has 0 bridgehead atoms. The van der Waals surface area contributed by atoms with Gasteiger partial charge in [-0.1, -0.05) is 41.9 Å². The molecule has 0 radical (unpaired) electrons. The molecule has 7 nitrogen and oxygen atoms in total. The Morgan fingerprint density at radius 3 is 2.45 bits per heavy atom. The van der Waals surface area contributed by atoms with E-state index in [1.54, 1.807) is 42.5 Å². The van der Waals surface area contributed by atoms with Gasteiger partial charge in [-0.2, -0.15) is 0 Å². The number of hydrogen-bond donors (Lipinski definition) is 2. The monoisotopic (exact) mass is 465 g/mol. The van der Waals surface area contributed by atoms with E-state index in [-0.39, 0.29) is 22.0 Å². The van der Waals surface area contributed by atoms with Gasteiger partial charge >= 0.3 is 0 Å². The molecule has 3 aromatic rings. The fourth-order valence-electron chi connectivity index (χ4n) is 3.29. The second kappa shape index (κ2) is 9.13. The minimum atomic E-state index is -0.848. The highest BCUT2D eigenvalue weighted by molar-refractivity contribution is 6.53. The van der Waals surface area contributed by atoms with Gasteiger partial charge in [-0.15, -0.1) is 0 Å². The van der Waals surface area contributed by atoms with Crippen molar-refractivity contribution < 1.29 is 23.5 Å². The quantitative estimate of drug-likeness (QED) is 0.522. The number of benzene rings is 3. The van der Waals surface area contributed by atoms with E-state index in [0.717, 1.165) is 6.07 Å². The van der Waals surface area contributed by atoms with E-state index in [0.29, 0.717) is 22.0 Å². The van der Waals surface area contributed by atoms with Crippen molar-refractivity contribution in [2.24, 2.45) is 0 Å². The van der Waals surface area contributed by atoms with E-state index in [2.05, 4.69) is 10.6 Å². The van der Waals surface area contributed by atoms with Gasteiger partial charge in [0, 0.05) is 11.3 Å². The largest absolute Gasteiger partial charge is 0.495 e. The molecule has 1 aliphatic heterocycles. The lowest BCUT2D eigenvalue weighted by Gasteiger charge is -2.16. The Morgan fingerprint density at radius 2 is 1.70 bits per heavy atom. The number of amides is 3. The molecular formula is C24H17ClFN3O4. The van der Waals surface area contributed by atoms with Crippen LogP contribution in [0.4, 0.5) is 21.5 Å². The highest BCUT2D eigenvalue weighted by Gasteiger charge is 2.40. The summed E-state index contributed by atoms with van der Waals surface area (Å²) in [4.78, 5) is 38.8. The van der Waals surface area contributed by atoms with Crippen LogP contribution < -0.4 is 20.3 Å². The molecule has 0 unspecified atom stereocenters. The standard InChI is InChI=1S/C24H17ClFN3O4/c1-33-19-12-5-3-10-17(19)28-22(30)14-7-6-8-15(13-14)27-21-20(25)23(31)29(24(21)32)18-11-4-2-9-16(18)26/h2-13,27H,1H3,(H,28,30). The summed E-state index contributed by atoms with van der Waals surface area (Å²) in [6.07, 6.45) is 0. The van der Waals surface area contributed by atoms with Crippen molar-refractivity contribution in [3.63, 3.8) is 0 Å². The zero-order chi connectivity index (χ0) is 23.5. The molecule has 0 saturated heterocycles. The van der Waals surface area contributed by atoms with Crippen LogP contribution in [0.5, 0.6) is 5.75 Å². The first-order valence-electron chi connectivity index (χ1n) is 9.75. The number of ether oxygens (including phenoxy) is 1. The molecule has 0 spiro atoms. The second-order valence-electron chi connectivity index (χ2n) is 6.95. The molecule has 0 saturated carbocycles. The van der Waals surface area contributed by atoms with Gasteiger partial charge in [0.05, 0.1) is 18.5 Å². The molecule has 0 aliphatic carbocycles. The molecule has 4 rings (SSSR count). The number of imide groups is 1. The highest BCUT2D eigenvalue weighted by atomic mass is 35.5. The van der Waals surface area contributed by atoms with Crippen molar-refractivity contribution in [3.8, 4) is 5.75 Å². The maximum atomic E-state index is 14.2. The molecule has 166 valence electrons. The third kappa shape index (κ3) is 4.28. The lowest BCUT2D eigenvalue weighted by atomic mass is 10.1. The third-order valence-electron chi connectivity index (χ3n) is 4.87. The van der Waals surface area contributed by atoms with E-state index in [1.165, 1.54) is 31.4 Å². The van der Waals surface area contributed by atoms with Crippen LogP contribution >= 0.6 is 11.6 Å². The Balaban J connectivity index is 1.56. The van der Waals surface area contributed by atoms with Gasteiger partial charge in [0.1, 0.15) is 22.3 Å². The number of methoxy groups -OCH3 is 1. The van der Waals surface area contributed by atoms with Gasteiger partial charge in [-0.05, 0) is 42.5 Å². The molecule has 33 heavy (non-hydrogen) atoms. The Bertz CT molecular complexity index is 1310. The van der Waals surface area contributed by atoms with Gasteiger partial charge in [0.25, 0.3) is 17.7 Å². The van der Waals surface area contributed by atoms with Crippen LogP contribution in [0.15, 0.2) is 83.5 Å². The number of carbonyl (C=O) groups excluding carboxylic acids is 3. The molecule has 3 amide bonds. The van der Waals surface area contributed by atoms with Crippen molar-refractivity contribution in [2.75, 3.05) is 22.6 Å². The normalized spacial score (nSPS) is 13.4. The molecular weight excluding hydrogens is 449 g/mol. The maximum Gasteiger partial charge on any atom is 0.283 e. The number of nitrogens with zero attached hydrogens (tertiary/aromatic N) is 1. The predicted molar refractivity (Wildman–Crippen MR) is 123 cm³/mol. The zero-order valence-corrected chi connectivity index (χ0v) is 18.0. The summed E-state index contributed by atoms with van der Waals surface area (Å²) < 4.78 is 19.4. The fraction of sp³-hybridized carbons (Fsp3) is 0.0417. The minimum absolute atomic E-state index is 0.201. The van der Waals surface area contributed by atoms with Crippen LogP contribution in [0.3, 0.4) is 0 Å². The number of hydrogen-bond acceptors (Lipinski definition) is 5. The van der Waals surface area contributed by atoms with Gasteiger partial charge < -0.3 is 15.4 Å². The second-order valence-corrected chi connectivity index (χ2v) is 7.32. The summed E-state index contributed by atoms with van der Waals surface area (Å²) in [5.74, 6) is -2.30. The van der Waals surface area contributed by atoms with E-state index >= 15 is 0 Å². The Hall–Kier alpha value is -4.17. The Kier molecular flexibility index (Phi) is 6.10. The average Bonchev–Trinajstić information content (AvgIpc) is 3.03. The number of para-hydroxylation sites is 3. The smallest absolute Gasteiger partial charge is 0.283 e. The number of halogens is 2. The van der Waals surface area contributed by atoms with Gasteiger partial charge in [0.15, 0.2) is 0 Å². The van der Waals surface area contributed by atoms with E-state index < -0.39 is 23.5 Å². The SMILES string of the molecule is COc1ccccc1NC(=O)c1cccc(NC2=C(Cl)C(=O)N(c3ccccc3F)C2=O)c1. The average molecular weight is 466 g/mol. The number of rotatable bonds is 6. The van der Waals surface area contributed by atoms with Crippen LogP contribution in [0, 0.1) is 5.82 Å². The molecule has 0 atom stereocenters. The topological polar surface area (TPSA) is 87.7 Å². The van der Waals surface area contributed by atoms with Gasteiger partial charge in [-0.3, -0.25) is 14.4 Å². The summed E-state index contributed by atoms with van der Waals surface area (Å²) in [7, 11) is 1.50. The molecule has 9 heteroatoms. The fourth-order valence-corrected chi connectivity index (χ4v) is 3.50. The highest BCUT2D eigenvalue weighted by Crippen LogP contribution is 2.31. The third-order valence-corrected chi connectivity index (χ3v) is 5.22. The summed E-state index contributed by atoms with van der Waals surface area (Å²) in [5, 5.41) is 5.16. The van der Waals surface area contributed by atoms with Gasteiger partial charge in [0.2, 0.25) is 0 Å². The lowest BCUT2D eigenvalue weighted by Crippen LogP contribution is -2.33. The predicted octanol–water partition coefficient (Wildman–Crippen LogP) is 4.52. The summed E-state index contributed by atoms with van der Waals surface area (Å²) >= 11 is 6.10. The number of carbonyl (C=O) groups is 3. The molecule has 0 aromatic heterocycles. The molecule has 2 N–H and O–H groups in total. The van der Waals surface area contributed by atoms with Gasteiger partial charge in [-0.25, -0.2) is 9.29 Å². The minimum Gasteiger partial charge on any atom is -0.495 e. The molecule has 0 fully saturated rings. The first kappa shape index (κ1) is 22.0. The van der Waals surface area contributed by atoms with Crippen molar-refractivity contribution in [1.29, 1.82) is 0 Å². The first-order valence-corrected chi connectivity index (χ1v) is 10.1. The van der Waals surface area contributed by atoms with E-state index in [1.807, 2.05) is 0 Å². The molecule has 3 aromatic carbocycles. The first-order chi connectivity index (χ1) is 15.9. The van der Waals surface area contributed by atoms with Crippen LogP contribution in [0.1, 0.15) is 10.4 Å². The maximum absolute atomic E-state index is 14.2. The summed E-state index contributed by atoms with van der Waals surface area (Å²) in [6, 6.07) is 18.6. The molecule has 1 heterocycles. The summed E-state index contributed by atoms with van der Waals surface area (Å²) in [5.41, 5.74) is 0.698. The molecule has 1 aliphatic rings. The van der Waals surface area contributed by atoms with Crippen LogP contribution in [-0.4, -0.2) is 24.8 Å². The van der Waals surface area contributed by atoms with Crippen molar-refractivity contribution in [3.05, 3.63) is 94.9 Å². The lowest BCUT2D eigenvalue weighted by molar-refractivity contribution is -0.120. The van der Waals surface area contributed by atoms with E-state index in [9.17, 15) is 18.8 Å². The van der Waals surface area contributed by atoms with Crippen molar-refractivity contribution >= 4 is 46.4 Å². The van der Waals surface area contributed by atoms with Crippen molar-refractivity contribution in [1.82, 2.24) is 0 Å². The Labute approximate surface area is 193 Å².